The van der Waals surface area contributed by atoms with E-state index in [4.69, 9.17) is 10.5 Å². The van der Waals surface area contributed by atoms with Gasteiger partial charge < -0.3 is 20.3 Å². The lowest BCUT2D eigenvalue weighted by Gasteiger charge is -2.37. The second kappa shape index (κ2) is 6.91. The Morgan fingerprint density at radius 3 is 2.57 bits per heavy atom. The first-order valence-corrected chi connectivity index (χ1v) is 7.38. The number of aryl methyl sites for hydroxylation is 2. The van der Waals surface area contributed by atoms with Crippen LogP contribution in [-0.4, -0.2) is 56.7 Å². The van der Waals surface area contributed by atoms with Gasteiger partial charge in [0.15, 0.2) is 0 Å². The van der Waals surface area contributed by atoms with Crippen LogP contribution in [0.25, 0.3) is 0 Å². The van der Waals surface area contributed by atoms with E-state index in [1.807, 2.05) is 4.90 Å². The molecular weight excluding hydrogens is 266 g/mol. The van der Waals surface area contributed by atoms with Crippen LogP contribution in [0.4, 0.5) is 5.69 Å². The highest BCUT2D eigenvalue weighted by Gasteiger charge is 2.25. The normalized spacial score (nSPS) is 17.0. The first kappa shape index (κ1) is 15.8. The number of hydrogen-bond acceptors (Lipinski definition) is 4. The number of anilines is 1. The predicted molar refractivity (Wildman–Crippen MR) is 84.6 cm³/mol. The molecule has 1 amide bonds. The van der Waals surface area contributed by atoms with Crippen molar-refractivity contribution in [1.29, 1.82) is 0 Å². The van der Waals surface area contributed by atoms with Crippen molar-refractivity contribution in [2.45, 2.75) is 19.9 Å². The van der Waals surface area contributed by atoms with Gasteiger partial charge in [-0.25, -0.2) is 0 Å². The second-order valence-electron chi connectivity index (χ2n) is 5.66. The summed E-state index contributed by atoms with van der Waals surface area (Å²) in [6.07, 6.45) is 0. The topological polar surface area (TPSA) is 58.8 Å². The number of methoxy groups -OCH3 is 1. The Kier molecular flexibility index (Phi) is 5.20. The third-order valence-electron chi connectivity index (χ3n) is 3.96. The SMILES string of the molecule is COCC(N)C(=O)N1CCN(c2cc(C)ccc2C)CC1. The Morgan fingerprint density at radius 2 is 1.95 bits per heavy atom. The fourth-order valence-corrected chi connectivity index (χ4v) is 2.71. The van der Waals surface area contributed by atoms with E-state index in [1.165, 1.54) is 16.8 Å². The summed E-state index contributed by atoms with van der Waals surface area (Å²) in [5, 5.41) is 0. The Balaban J connectivity index is 1.97. The standard InChI is InChI=1S/C16H25N3O2/c1-12-4-5-13(2)15(10-12)18-6-8-19(9-7-18)16(20)14(17)11-21-3/h4-5,10,14H,6-9,11,17H2,1-3H3. The van der Waals surface area contributed by atoms with Gasteiger partial charge in [0.2, 0.25) is 5.91 Å². The van der Waals surface area contributed by atoms with Crippen molar-refractivity contribution in [3.63, 3.8) is 0 Å². The minimum Gasteiger partial charge on any atom is -0.383 e. The summed E-state index contributed by atoms with van der Waals surface area (Å²) in [5.74, 6) is -0.0162. The molecule has 1 aromatic carbocycles. The van der Waals surface area contributed by atoms with Crippen molar-refractivity contribution < 1.29 is 9.53 Å². The van der Waals surface area contributed by atoms with Gasteiger partial charge in [0.1, 0.15) is 6.04 Å². The molecule has 1 atom stereocenters. The van der Waals surface area contributed by atoms with E-state index >= 15 is 0 Å². The first-order valence-electron chi connectivity index (χ1n) is 7.38. The molecule has 0 radical (unpaired) electrons. The number of nitrogens with two attached hydrogens (primary N) is 1. The molecule has 1 heterocycles. The molecule has 1 saturated heterocycles. The first-order chi connectivity index (χ1) is 10.0. The molecule has 1 fully saturated rings. The van der Waals surface area contributed by atoms with Crippen molar-refractivity contribution in [3.8, 4) is 0 Å². The minimum absolute atomic E-state index is 0.0162. The molecule has 0 spiro atoms. The molecule has 0 aromatic heterocycles. The zero-order valence-electron chi connectivity index (χ0n) is 13.1. The lowest BCUT2D eigenvalue weighted by molar-refractivity contribution is -0.134. The Bertz CT molecular complexity index is 496. The van der Waals surface area contributed by atoms with Crippen molar-refractivity contribution in [1.82, 2.24) is 4.90 Å². The molecule has 21 heavy (non-hydrogen) atoms. The molecule has 1 aliphatic heterocycles. The summed E-state index contributed by atoms with van der Waals surface area (Å²) in [4.78, 5) is 16.3. The number of carbonyl (C=O) groups excluding carboxylic acids is 1. The number of carbonyl (C=O) groups is 1. The van der Waals surface area contributed by atoms with Crippen molar-refractivity contribution in [2.24, 2.45) is 5.73 Å². The van der Waals surface area contributed by atoms with Crippen LogP contribution in [0.5, 0.6) is 0 Å². The van der Waals surface area contributed by atoms with Crippen molar-refractivity contribution in [2.75, 3.05) is 44.8 Å². The Hall–Kier alpha value is -1.59. The molecule has 2 N–H and O–H groups in total. The van der Waals surface area contributed by atoms with E-state index in [0.29, 0.717) is 13.1 Å². The van der Waals surface area contributed by atoms with Crippen LogP contribution < -0.4 is 10.6 Å². The quantitative estimate of drug-likeness (QED) is 0.896. The van der Waals surface area contributed by atoms with Gasteiger partial charge in [-0.2, -0.15) is 0 Å². The van der Waals surface area contributed by atoms with Crippen molar-refractivity contribution in [3.05, 3.63) is 29.3 Å². The highest BCUT2D eigenvalue weighted by molar-refractivity contribution is 5.82. The zero-order valence-corrected chi connectivity index (χ0v) is 13.1. The minimum atomic E-state index is -0.553. The summed E-state index contributed by atoms with van der Waals surface area (Å²) in [7, 11) is 1.56. The molecule has 0 aliphatic carbocycles. The van der Waals surface area contributed by atoms with Crippen LogP contribution in [0.3, 0.4) is 0 Å². The predicted octanol–water partition coefficient (Wildman–Crippen LogP) is 0.926. The van der Waals surface area contributed by atoms with Crippen LogP contribution in [0.15, 0.2) is 18.2 Å². The summed E-state index contributed by atoms with van der Waals surface area (Å²) in [6.45, 7) is 7.61. The zero-order chi connectivity index (χ0) is 15.4. The summed E-state index contributed by atoms with van der Waals surface area (Å²) in [5.41, 5.74) is 9.62. The van der Waals surface area contributed by atoms with Crippen LogP contribution >= 0.6 is 0 Å². The maximum Gasteiger partial charge on any atom is 0.241 e. The van der Waals surface area contributed by atoms with Crippen LogP contribution in [0, 0.1) is 13.8 Å². The summed E-state index contributed by atoms with van der Waals surface area (Å²) in [6, 6.07) is 5.94. The lowest BCUT2D eigenvalue weighted by atomic mass is 10.1. The van der Waals surface area contributed by atoms with Gasteiger partial charge in [-0.15, -0.1) is 0 Å². The highest BCUT2D eigenvalue weighted by atomic mass is 16.5. The van der Waals surface area contributed by atoms with E-state index in [0.717, 1.165) is 13.1 Å². The van der Waals surface area contributed by atoms with Crippen LogP contribution in [0.1, 0.15) is 11.1 Å². The summed E-state index contributed by atoms with van der Waals surface area (Å²) < 4.78 is 4.95. The molecule has 2 rings (SSSR count). The summed E-state index contributed by atoms with van der Waals surface area (Å²) >= 11 is 0. The van der Waals surface area contributed by atoms with Gasteiger partial charge in [0.25, 0.3) is 0 Å². The lowest BCUT2D eigenvalue weighted by Crippen LogP contribution is -2.54. The maximum atomic E-state index is 12.2. The number of benzene rings is 1. The molecule has 1 unspecified atom stereocenters. The number of nitrogens with zero attached hydrogens (tertiary/aromatic N) is 2. The van der Waals surface area contributed by atoms with Gasteiger partial charge in [-0.1, -0.05) is 12.1 Å². The van der Waals surface area contributed by atoms with E-state index in [1.54, 1.807) is 7.11 Å². The van der Waals surface area contributed by atoms with Crippen molar-refractivity contribution >= 4 is 11.6 Å². The van der Waals surface area contributed by atoms with E-state index in [-0.39, 0.29) is 12.5 Å². The smallest absolute Gasteiger partial charge is 0.241 e. The number of piperazine rings is 1. The third kappa shape index (κ3) is 3.74. The van der Waals surface area contributed by atoms with E-state index in [9.17, 15) is 4.79 Å². The number of hydrogen-bond donors (Lipinski definition) is 1. The maximum absolute atomic E-state index is 12.2. The number of amides is 1. The molecule has 5 nitrogen and oxygen atoms in total. The molecule has 0 saturated carbocycles. The van der Waals surface area contributed by atoms with Gasteiger partial charge in [0.05, 0.1) is 6.61 Å². The monoisotopic (exact) mass is 291 g/mol. The molecule has 116 valence electrons. The molecule has 5 heteroatoms. The largest absolute Gasteiger partial charge is 0.383 e. The van der Waals surface area contributed by atoms with Crippen LogP contribution in [0.2, 0.25) is 0 Å². The molecule has 1 aliphatic rings. The number of rotatable bonds is 4. The van der Waals surface area contributed by atoms with Crippen LogP contribution in [-0.2, 0) is 9.53 Å². The average molecular weight is 291 g/mol. The van der Waals surface area contributed by atoms with Gasteiger partial charge >= 0.3 is 0 Å². The molecule has 1 aromatic rings. The van der Waals surface area contributed by atoms with E-state index < -0.39 is 6.04 Å². The van der Waals surface area contributed by atoms with Gasteiger partial charge in [-0.05, 0) is 31.0 Å². The van der Waals surface area contributed by atoms with Gasteiger partial charge in [-0.3, -0.25) is 4.79 Å². The third-order valence-corrected chi connectivity index (χ3v) is 3.96. The van der Waals surface area contributed by atoms with E-state index in [2.05, 4.69) is 36.9 Å². The molecule has 0 bridgehead atoms. The molecular formula is C16H25N3O2. The van der Waals surface area contributed by atoms with Gasteiger partial charge in [0, 0.05) is 39.0 Å². The highest BCUT2D eigenvalue weighted by Crippen LogP contribution is 2.22. The number of ether oxygens (including phenoxy) is 1. The Labute approximate surface area is 126 Å². The second-order valence-corrected chi connectivity index (χ2v) is 5.66. The fraction of sp³-hybridized carbons (Fsp3) is 0.562. The Morgan fingerprint density at radius 1 is 1.29 bits per heavy atom. The fourth-order valence-electron chi connectivity index (χ4n) is 2.71. The average Bonchev–Trinajstić information content (AvgIpc) is 2.49.